The number of nitrogens with one attached hydrogen (secondary N) is 1. The number of hydrogen-bond donors (Lipinski definition) is 1. The van der Waals surface area contributed by atoms with Gasteiger partial charge in [-0.1, -0.05) is 19.8 Å². The molecule has 0 spiro atoms. The van der Waals surface area contributed by atoms with Crippen molar-refractivity contribution in [3.05, 3.63) is 0 Å². The molecule has 0 aromatic rings. The molecule has 86 valence electrons. The van der Waals surface area contributed by atoms with E-state index in [0.717, 1.165) is 26.2 Å². The van der Waals surface area contributed by atoms with Crippen LogP contribution in [-0.4, -0.2) is 25.7 Å². The van der Waals surface area contributed by atoms with E-state index in [0.29, 0.717) is 5.92 Å². The van der Waals surface area contributed by atoms with Gasteiger partial charge in [-0.25, -0.2) is 0 Å². The number of amides is 1. The summed E-state index contributed by atoms with van der Waals surface area (Å²) >= 11 is 0. The second-order valence-electron chi connectivity index (χ2n) is 5.43. The Bertz CT molecular complexity index is 230. The molecule has 1 saturated heterocycles. The Balaban J connectivity index is 1.63. The van der Waals surface area contributed by atoms with E-state index >= 15 is 0 Å². The highest BCUT2D eigenvalue weighted by Gasteiger charge is 2.33. The molecule has 2 rings (SSSR count). The fraction of sp³-hybridized carbons (Fsp3) is 0.917. The molecule has 0 aromatic heterocycles. The Morgan fingerprint density at radius 3 is 2.60 bits per heavy atom. The molecular weight excluding hydrogens is 190 g/mol. The number of rotatable bonds is 4. The highest BCUT2D eigenvalue weighted by Crippen LogP contribution is 2.28. The predicted octanol–water partition coefficient (Wildman–Crippen LogP) is 1.72. The maximum Gasteiger partial charge on any atom is 0.220 e. The van der Waals surface area contributed by atoms with E-state index < -0.39 is 0 Å². The van der Waals surface area contributed by atoms with Crippen molar-refractivity contribution in [2.75, 3.05) is 19.8 Å². The second-order valence-corrected chi connectivity index (χ2v) is 5.43. The van der Waals surface area contributed by atoms with Crippen molar-refractivity contribution in [2.45, 2.75) is 39.0 Å². The first-order chi connectivity index (χ1) is 7.18. The summed E-state index contributed by atoms with van der Waals surface area (Å²) < 4.78 is 5.15. The van der Waals surface area contributed by atoms with Crippen LogP contribution in [0.5, 0.6) is 0 Å². The molecular formula is C12H21NO2. The number of carbonyl (C=O) groups excluding carboxylic acids is 1. The predicted molar refractivity (Wildman–Crippen MR) is 58.5 cm³/mol. The Morgan fingerprint density at radius 1 is 1.40 bits per heavy atom. The van der Waals surface area contributed by atoms with Crippen LogP contribution in [0.4, 0.5) is 0 Å². The molecule has 0 radical (unpaired) electrons. The van der Waals surface area contributed by atoms with Gasteiger partial charge in [-0.05, 0) is 18.8 Å². The molecule has 0 atom stereocenters. The topological polar surface area (TPSA) is 38.3 Å². The maximum atomic E-state index is 11.6. The summed E-state index contributed by atoms with van der Waals surface area (Å²) in [6.07, 6.45) is 5.84. The van der Waals surface area contributed by atoms with Crippen molar-refractivity contribution in [3.63, 3.8) is 0 Å². The monoisotopic (exact) mass is 211 g/mol. The first kappa shape index (κ1) is 10.9. The Labute approximate surface area is 91.6 Å². The van der Waals surface area contributed by atoms with Crippen molar-refractivity contribution < 1.29 is 9.53 Å². The molecule has 0 unspecified atom stereocenters. The number of hydrogen-bond acceptors (Lipinski definition) is 2. The third-order valence-corrected chi connectivity index (χ3v) is 3.56. The highest BCUT2D eigenvalue weighted by atomic mass is 16.5. The molecule has 2 fully saturated rings. The summed E-state index contributed by atoms with van der Waals surface area (Å²) in [5, 5.41) is 3.03. The smallest absolute Gasteiger partial charge is 0.220 e. The number of ether oxygens (including phenoxy) is 1. The van der Waals surface area contributed by atoms with Crippen LogP contribution in [0.25, 0.3) is 0 Å². The third-order valence-electron chi connectivity index (χ3n) is 3.56. The third kappa shape index (κ3) is 2.94. The zero-order chi connectivity index (χ0) is 10.7. The Morgan fingerprint density at radius 2 is 2.07 bits per heavy atom. The van der Waals surface area contributed by atoms with E-state index in [2.05, 4.69) is 12.2 Å². The van der Waals surface area contributed by atoms with Crippen LogP contribution in [0.2, 0.25) is 0 Å². The Hall–Kier alpha value is -0.570. The molecule has 2 aliphatic rings. The average molecular weight is 211 g/mol. The van der Waals surface area contributed by atoms with E-state index in [9.17, 15) is 4.79 Å². The lowest BCUT2D eigenvalue weighted by molar-refractivity contribution is -0.127. The van der Waals surface area contributed by atoms with Crippen LogP contribution in [0.3, 0.4) is 0 Å². The van der Waals surface area contributed by atoms with Crippen LogP contribution in [0.1, 0.15) is 39.0 Å². The molecule has 1 aliphatic heterocycles. The number of carbonyl (C=O) groups is 1. The first-order valence-electron chi connectivity index (χ1n) is 6.02. The lowest BCUT2D eigenvalue weighted by Gasteiger charge is -2.38. The van der Waals surface area contributed by atoms with E-state index in [1.807, 2.05) is 0 Å². The lowest BCUT2D eigenvalue weighted by atomic mass is 9.88. The summed E-state index contributed by atoms with van der Waals surface area (Å²) in [6, 6.07) is 0. The minimum absolute atomic E-state index is 0.200. The largest absolute Gasteiger partial charge is 0.380 e. The van der Waals surface area contributed by atoms with Gasteiger partial charge in [0.25, 0.3) is 0 Å². The van der Waals surface area contributed by atoms with Gasteiger partial charge >= 0.3 is 0 Å². The van der Waals surface area contributed by atoms with Crippen molar-refractivity contribution >= 4 is 5.91 Å². The van der Waals surface area contributed by atoms with Gasteiger partial charge in [0.05, 0.1) is 13.2 Å². The van der Waals surface area contributed by atoms with E-state index in [-0.39, 0.29) is 11.3 Å². The molecule has 15 heavy (non-hydrogen) atoms. The average Bonchev–Trinajstić information content (AvgIpc) is 2.64. The van der Waals surface area contributed by atoms with Crippen LogP contribution >= 0.6 is 0 Å². The van der Waals surface area contributed by atoms with Crippen LogP contribution < -0.4 is 5.32 Å². The van der Waals surface area contributed by atoms with Crippen LogP contribution in [0, 0.1) is 11.3 Å². The van der Waals surface area contributed by atoms with Crippen molar-refractivity contribution in [3.8, 4) is 0 Å². The van der Waals surface area contributed by atoms with Crippen LogP contribution in [-0.2, 0) is 9.53 Å². The second kappa shape index (κ2) is 4.52. The molecule has 1 heterocycles. The fourth-order valence-electron chi connectivity index (χ4n) is 2.41. The molecule has 0 aromatic carbocycles. The highest BCUT2D eigenvalue weighted by molar-refractivity contribution is 5.76. The van der Waals surface area contributed by atoms with Gasteiger partial charge in [-0.2, -0.15) is 0 Å². The zero-order valence-corrected chi connectivity index (χ0v) is 9.55. The lowest BCUT2D eigenvalue weighted by Crippen LogP contribution is -2.48. The van der Waals surface area contributed by atoms with Gasteiger partial charge in [-0.15, -0.1) is 0 Å². The quantitative estimate of drug-likeness (QED) is 0.769. The molecule has 1 aliphatic carbocycles. The standard InChI is InChI=1S/C12H21NO2/c1-12(8-15-9-12)7-13-11(14)6-10-4-2-3-5-10/h10H,2-9H2,1H3,(H,13,14). The fourth-order valence-corrected chi connectivity index (χ4v) is 2.41. The molecule has 3 heteroatoms. The van der Waals surface area contributed by atoms with Gasteiger partial charge in [0.1, 0.15) is 0 Å². The van der Waals surface area contributed by atoms with Gasteiger partial charge < -0.3 is 10.1 Å². The van der Waals surface area contributed by atoms with Crippen LogP contribution in [0.15, 0.2) is 0 Å². The Kier molecular flexibility index (Phi) is 3.29. The van der Waals surface area contributed by atoms with E-state index in [4.69, 9.17) is 4.74 Å². The normalized spacial score (nSPS) is 24.9. The maximum absolute atomic E-state index is 11.6. The first-order valence-corrected chi connectivity index (χ1v) is 6.02. The van der Waals surface area contributed by atoms with Crippen molar-refractivity contribution in [2.24, 2.45) is 11.3 Å². The summed E-state index contributed by atoms with van der Waals surface area (Å²) in [7, 11) is 0. The van der Waals surface area contributed by atoms with E-state index in [1.165, 1.54) is 25.7 Å². The van der Waals surface area contributed by atoms with Crippen molar-refractivity contribution in [1.29, 1.82) is 0 Å². The molecule has 3 nitrogen and oxygen atoms in total. The summed E-state index contributed by atoms with van der Waals surface area (Å²) in [4.78, 5) is 11.6. The molecule has 0 bridgehead atoms. The van der Waals surface area contributed by atoms with E-state index in [1.54, 1.807) is 0 Å². The summed E-state index contributed by atoms with van der Waals surface area (Å²) in [5.41, 5.74) is 0.200. The minimum Gasteiger partial charge on any atom is -0.380 e. The zero-order valence-electron chi connectivity index (χ0n) is 9.55. The molecule has 1 amide bonds. The van der Waals surface area contributed by atoms with Gasteiger partial charge in [0.2, 0.25) is 5.91 Å². The van der Waals surface area contributed by atoms with Gasteiger partial charge in [-0.3, -0.25) is 4.79 Å². The van der Waals surface area contributed by atoms with Gasteiger partial charge in [0, 0.05) is 18.4 Å². The SMILES string of the molecule is CC1(CNC(=O)CC2CCCC2)COC1. The summed E-state index contributed by atoms with van der Waals surface area (Å²) in [5.74, 6) is 0.880. The van der Waals surface area contributed by atoms with Crippen molar-refractivity contribution in [1.82, 2.24) is 5.32 Å². The molecule has 1 saturated carbocycles. The molecule has 1 N–H and O–H groups in total. The minimum atomic E-state index is 0.200. The summed E-state index contributed by atoms with van der Waals surface area (Å²) in [6.45, 7) is 4.51. The van der Waals surface area contributed by atoms with Gasteiger partial charge in [0.15, 0.2) is 0 Å².